The number of hydrogen-bond donors (Lipinski definition) is 2. The number of ether oxygens (including phenoxy) is 1. The van der Waals surface area contributed by atoms with E-state index in [0.717, 1.165) is 42.1 Å². The number of nitrogens with one attached hydrogen (secondary N) is 1. The quantitative estimate of drug-likeness (QED) is 0.504. The molecule has 3 atom stereocenters. The highest BCUT2D eigenvalue weighted by molar-refractivity contribution is 5.97. The Hall–Kier alpha value is -3.67. The number of hydrogen-bond acceptors (Lipinski definition) is 5. The number of fused-ring (bicyclic) bond motifs is 2. The molecule has 8 nitrogen and oxygen atoms in total. The van der Waals surface area contributed by atoms with Crippen molar-refractivity contribution in [3.63, 3.8) is 0 Å². The topological polar surface area (TPSA) is 98.4 Å². The number of amides is 1. The molecule has 1 aromatic heterocycles. The van der Waals surface area contributed by atoms with Gasteiger partial charge >= 0.3 is 11.9 Å². The molecule has 5 rings (SSSR count). The van der Waals surface area contributed by atoms with Crippen LogP contribution in [0.1, 0.15) is 53.1 Å². The van der Waals surface area contributed by atoms with Crippen molar-refractivity contribution in [3.8, 4) is 11.4 Å². The molecule has 0 fully saturated rings. The average Bonchev–Trinajstić information content (AvgIpc) is 3.35. The number of aliphatic hydroxyl groups is 1. The highest BCUT2D eigenvalue weighted by Gasteiger charge is 2.39. The van der Waals surface area contributed by atoms with E-state index in [-0.39, 0.29) is 6.42 Å². The molecule has 2 aromatic carbocycles. The van der Waals surface area contributed by atoms with E-state index in [1.54, 1.807) is 24.3 Å². The third-order valence-corrected chi connectivity index (χ3v) is 6.75. The Morgan fingerprint density at radius 3 is 2.73 bits per heavy atom. The Balaban J connectivity index is 1.55. The third kappa shape index (κ3) is 4.61. The lowest BCUT2D eigenvalue weighted by molar-refractivity contribution is -0.189. The van der Waals surface area contributed by atoms with Gasteiger partial charge in [0.1, 0.15) is 23.1 Å². The highest BCUT2D eigenvalue weighted by atomic mass is 19.4. The van der Waals surface area contributed by atoms with Crippen LogP contribution in [-0.2, 0) is 19.4 Å². The molecule has 37 heavy (non-hydrogen) atoms. The maximum atomic E-state index is 15.3. The largest absolute Gasteiger partial charge is 0.480 e. The van der Waals surface area contributed by atoms with Gasteiger partial charge in [0.05, 0.1) is 17.7 Å². The Kier molecular flexibility index (Phi) is 6.30. The second kappa shape index (κ2) is 9.33. The summed E-state index contributed by atoms with van der Waals surface area (Å²) in [5, 5.41) is 17.2. The zero-order valence-electron chi connectivity index (χ0n) is 19.8. The molecule has 2 aliphatic rings. The number of rotatable bonds is 5. The second-order valence-electron chi connectivity index (χ2n) is 9.24. The minimum absolute atomic E-state index is 0.275. The smallest absolute Gasteiger partial charge is 0.425 e. The summed E-state index contributed by atoms with van der Waals surface area (Å²) in [5.41, 5.74) is -0.106. The van der Waals surface area contributed by atoms with Crippen LogP contribution in [0, 0.1) is 5.82 Å². The molecule has 0 saturated heterocycles. The Labute approximate surface area is 208 Å². The van der Waals surface area contributed by atoms with Gasteiger partial charge in [-0.25, -0.2) is 9.18 Å². The van der Waals surface area contributed by atoms with Gasteiger partial charge < -0.3 is 15.2 Å². The molecule has 0 bridgehead atoms. The van der Waals surface area contributed by atoms with Gasteiger partial charge in [-0.3, -0.25) is 9.36 Å². The van der Waals surface area contributed by atoms with Crippen LogP contribution in [0.15, 0.2) is 41.2 Å². The monoisotopic (exact) mass is 520 g/mol. The van der Waals surface area contributed by atoms with Crippen molar-refractivity contribution in [2.45, 2.75) is 63.6 Å². The van der Waals surface area contributed by atoms with Crippen molar-refractivity contribution in [2.75, 3.05) is 0 Å². The van der Waals surface area contributed by atoms with Gasteiger partial charge in [-0.1, -0.05) is 24.3 Å². The predicted octanol–water partition coefficient (Wildman–Crippen LogP) is 3.23. The molecule has 2 N–H and O–H groups in total. The summed E-state index contributed by atoms with van der Waals surface area (Å²) in [6, 6.07) is 7.78. The lowest BCUT2D eigenvalue weighted by Crippen LogP contribution is -2.35. The first-order chi connectivity index (χ1) is 17.5. The van der Waals surface area contributed by atoms with Crippen LogP contribution >= 0.6 is 0 Å². The number of carbonyl (C=O) groups is 1. The van der Waals surface area contributed by atoms with E-state index in [1.165, 1.54) is 4.57 Å². The number of aliphatic hydroxyl groups excluding tert-OH is 1. The average molecular weight is 520 g/mol. The third-order valence-electron chi connectivity index (χ3n) is 6.75. The maximum absolute atomic E-state index is 15.3. The number of halogens is 4. The van der Waals surface area contributed by atoms with Crippen molar-refractivity contribution in [2.24, 2.45) is 0 Å². The molecular formula is C25H24F4N4O4. The van der Waals surface area contributed by atoms with Crippen LogP contribution in [0.3, 0.4) is 0 Å². The van der Waals surface area contributed by atoms with Crippen molar-refractivity contribution in [1.82, 2.24) is 19.7 Å². The predicted molar refractivity (Wildman–Crippen MR) is 123 cm³/mol. The number of aryl methyl sites for hydroxylation is 1. The zero-order chi connectivity index (χ0) is 26.5. The Morgan fingerprint density at radius 2 is 2.00 bits per heavy atom. The van der Waals surface area contributed by atoms with Crippen molar-refractivity contribution in [3.05, 3.63) is 75.2 Å². The van der Waals surface area contributed by atoms with E-state index in [1.807, 2.05) is 0 Å². The van der Waals surface area contributed by atoms with Crippen molar-refractivity contribution < 1.29 is 32.2 Å². The highest BCUT2D eigenvalue weighted by Crippen LogP contribution is 2.34. The van der Waals surface area contributed by atoms with E-state index >= 15 is 4.39 Å². The van der Waals surface area contributed by atoms with Crippen LogP contribution < -0.4 is 15.7 Å². The fourth-order valence-corrected chi connectivity index (χ4v) is 4.76. The summed E-state index contributed by atoms with van der Waals surface area (Å²) in [6.07, 6.45) is -5.76. The summed E-state index contributed by atoms with van der Waals surface area (Å²) < 4.78 is 62.5. The molecule has 0 saturated carbocycles. The first-order valence-corrected chi connectivity index (χ1v) is 11.9. The molecule has 0 spiro atoms. The molecule has 1 aliphatic heterocycles. The van der Waals surface area contributed by atoms with Gasteiger partial charge in [-0.15, -0.1) is 5.10 Å². The number of aromatic nitrogens is 3. The van der Waals surface area contributed by atoms with Gasteiger partial charge in [-0.2, -0.15) is 17.9 Å². The van der Waals surface area contributed by atoms with Crippen LogP contribution in [0.25, 0.3) is 5.69 Å². The molecule has 196 valence electrons. The first-order valence-electron chi connectivity index (χ1n) is 11.9. The number of carbonyl (C=O) groups excluding carboxylic acids is 1. The van der Waals surface area contributed by atoms with Gasteiger partial charge in [0, 0.05) is 25.5 Å². The summed E-state index contributed by atoms with van der Waals surface area (Å²) in [7, 11) is 0. The molecule has 3 aromatic rings. The van der Waals surface area contributed by atoms with E-state index in [9.17, 15) is 27.9 Å². The lowest BCUT2D eigenvalue weighted by Gasteiger charge is -2.22. The van der Waals surface area contributed by atoms with E-state index < -0.39 is 58.8 Å². The molecule has 12 heteroatoms. The molecule has 1 aliphatic carbocycles. The molecule has 2 heterocycles. The van der Waals surface area contributed by atoms with Gasteiger partial charge in [0.15, 0.2) is 6.10 Å². The Morgan fingerprint density at radius 1 is 1.24 bits per heavy atom. The fourth-order valence-electron chi connectivity index (χ4n) is 4.76. The molecule has 0 unspecified atom stereocenters. The minimum atomic E-state index is -4.77. The SMILES string of the molecule is C[C@H](Oc1cc(-n2nc3n(c2=O)CCCC3)c(F)cc1C(=O)N[C@H]1c2ccccc2C[C@@H]1O)C(F)(F)F. The number of benzene rings is 2. The van der Waals surface area contributed by atoms with Crippen LogP contribution in [0.5, 0.6) is 5.75 Å². The minimum Gasteiger partial charge on any atom is -0.480 e. The second-order valence-corrected chi connectivity index (χ2v) is 9.24. The summed E-state index contributed by atoms with van der Waals surface area (Å²) in [5.74, 6) is -2.11. The van der Waals surface area contributed by atoms with Crippen molar-refractivity contribution >= 4 is 5.91 Å². The summed E-state index contributed by atoms with van der Waals surface area (Å²) in [4.78, 5) is 26.0. The number of alkyl halides is 3. The summed E-state index contributed by atoms with van der Waals surface area (Å²) in [6.45, 7) is 1.15. The van der Waals surface area contributed by atoms with Gasteiger partial charge in [-0.05, 0) is 37.0 Å². The standard InChI is InChI=1S/C25H24F4N4O4/c1-13(25(27,28)29)37-20-12-18(33-24(36)32-9-5-4-8-21(32)31-33)17(26)11-16(20)23(35)30-22-15-7-3-2-6-14(15)10-19(22)34/h2-3,6-7,11-13,19,22,34H,4-5,8-10H2,1H3,(H,30,35)/t13-,19-,22-/m0/s1. The van der Waals surface area contributed by atoms with Crippen molar-refractivity contribution in [1.29, 1.82) is 0 Å². The molecule has 1 amide bonds. The fraction of sp³-hybridized carbons (Fsp3) is 0.400. The normalized spacial score (nSPS) is 19.7. The lowest BCUT2D eigenvalue weighted by atomic mass is 10.1. The molecular weight excluding hydrogens is 496 g/mol. The molecule has 0 radical (unpaired) electrons. The van der Waals surface area contributed by atoms with E-state index in [4.69, 9.17) is 4.74 Å². The van der Waals surface area contributed by atoms with Crippen LogP contribution in [0.2, 0.25) is 0 Å². The van der Waals surface area contributed by atoms with Gasteiger partial charge in [0.25, 0.3) is 5.91 Å². The van der Waals surface area contributed by atoms with Crippen LogP contribution in [0.4, 0.5) is 17.6 Å². The van der Waals surface area contributed by atoms with Crippen LogP contribution in [-0.4, -0.2) is 43.7 Å². The van der Waals surface area contributed by atoms with Gasteiger partial charge in [0.2, 0.25) is 0 Å². The first kappa shape index (κ1) is 25.0. The number of nitrogens with zero attached hydrogens (tertiary/aromatic N) is 3. The van der Waals surface area contributed by atoms with E-state index in [2.05, 4.69) is 10.4 Å². The Bertz CT molecular complexity index is 1410. The van der Waals surface area contributed by atoms with E-state index in [0.29, 0.717) is 24.4 Å². The zero-order valence-corrected chi connectivity index (χ0v) is 19.8. The maximum Gasteiger partial charge on any atom is 0.425 e. The summed E-state index contributed by atoms with van der Waals surface area (Å²) >= 11 is 0.